The summed E-state index contributed by atoms with van der Waals surface area (Å²) in [6, 6.07) is 14.5. The minimum atomic E-state index is 0.248. The predicted molar refractivity (Wildman–Crippen MR) is 98.8 cm³/mol. The highest BCUT2D eigenvalue weighted by molar-refractivity contribution is 5.51. The summed E-state index contributed by atoms with van der Waals surface area (Å²) in [5.41, 5.74) is 3.25. The molecule has 3 heterocycles. The number of nitrogens with zero attached hydrogens (tertiary/aromatic N) is 4. The molecule has 25 heavy (non-hydrogen) atoms. The molecule has 0 aliphatic carbocycles. The van der Waals surface area contributed by atoms with E-state index in [0.717, 1.165) is 49.5 Å². The number of rotatable bonds is 5. The molecule has 2 aromatic heterocycles. The predicted octanol–water partition coefficient (Wildman–Crippen LogP) is 3.48. The smallest absolute Gasteiger partial charge is 0.157 e. The van der Waals surface area contributed by atoms with Gasteiger partial charge in [-0.05, 0) is 24.8 Å². The Hall–Kier alpha value is -2.40. The summed E-state index contributed by atoms with van der Waals surface area (Å²) in [5, 5.41) is 4.46. The molecule has 0 radical (unpaired) electrons. The van der Waals surface area contributed by atoms with Gasteiger partial charge in [-0.3, -0.25) is 0 Å². The van der Waals surface area contributed by atoms with E-state index < -0.39 is 0 Å². The van der Waals surface area contributed by atoms with Gasteiger partial charge in [0.1, 0.15) is 5.82 Å². The standard InChI is InChI=1S/C20H24N4O/c1-2-17-13-20(24-19(22-17)10-11-21-24)23-12-6-9-18(14-23)25-15-16-7-4-3-5-8-16/h3-5,7-8,10-11,13,18H,2,6,9,12,14-15H2,1H3/t18-/m1/s1. The average Bonchev–Trinajstić information content (AvgIpc) is 3.15. The summed E-state index contributed by atoms with van der Waals surface area (Å²) in [5.74, 6) is 1.12. The van der Waals surface area contributed by atoms with Gasteiger partial charge in [0, 0.05) is 30.9 Å². The fourth-order valence-corrected chi connectivity index (χ4v) is 3.42. The van der Waals surface area contributed by atoms with Crippen molar-refractivity contribution in [1.82, 2.24) is 14.6 Å². The van der Waals surface area contributed by atoms with Gasteiger partial charge in [0.2, 0.25) is 0 Å². The first-order valence-electron chi connectivity index (χ1n) is 9.07. The Morgan fingerprint density at radius 1 is 1.20 bits per heavy atom. The van der Waals surface area contributed by atoms with Crippen LogP contribution in [0, 0.1) is 0 Å². The van der Waals surface area contributed by atoms with Crippen molar-refractivity contribution in [3.05, 3.63) is 59.9 Å². The van der Waals surface area contributed by atoms with E-state index in [1.165, 1.54) is 5.56 Å². The molecule has 1 atom stereocenters. The van der Waals surface area contributed by atoms with Gasteiger partial charge >= 0.3 is 0 Å². The van der Waals surface area contributed by atoms with Crippen molar-refractivity contribution in [3.63, 3.8) is 0 Å². The van der Waals surface area contributed by atoms with Crippen LogP contribution in [0.2, 0.25) is 0 Å². The molecule has 1 aromatic carbocycles. The fourth-order valence-electron chi connectivity index (χ4n) is 3.42. The zero-order valence-corrected chi connectivity index (χ0v) is 14.6. The Labute approximate surface area is 148 Å². The van der Waals surface area contributed by atoms with Crippen molar-refractivity contribution in [2.45, 2.75) is 38.9 Å². The molecular weight excluding hydrogens is 312 g/mol. The van der Waals surface area contributed by atoms with Gasteiger partial charge < -0.3 is 9.64 Å². The van der Waals surface area contributed by atoms with Crippen molar-refractivity contribution in [3.8, 4) is 0 Å². The fraction of sp³-hybridized carbons (Fsp3) is 0.400. The Morgan fingerprint density at radius 2 is 2.08 bits per heavy atom. The summed E-state index contributed by atoms with van der Waals surface area (Å²) < 4.78 is 8.13. The minimum Gasteiger partial charge on any atom is -0.372 e. The van der Waals surface area contributed by atoms with E-state index in [-0.39, 0.29) is 6.10 Å². The first kappa shape index (κ1) is 16.1. The Morgan fingerprint density at radius 3 is 2.92 bits per heavy atom. The molecule has 5 heteroatoms. The number of ether oxygens (including phenoxy) is 1. The first-order chi connectivity index (χ1) is 12.3. The van der Waals surface area contributed by atoms with Gasteiger partial charge in [0.15, 0.2) is 5.65 Å². The van der Waals surface area contributed by atoms with E-state index in [0.29, 0.717) is 6.61 Å². The van der Waals surface area contributed by atoms with Crippen LogP contribution < -0.4 is 4.90 Å². The zero-order chi connectivity index (χ0) is 17.1. The highest BCUT2D eigenvalue weighted by Gasteiger charge is 2.23. The lowest BCUT2D eigenvalue weighted by Gasteiger charge is -2.34. The second-order valence-electron chi connectivity index (χ2n) is 6.57. The van der Waals surface area contributed by atoms with Gasteiger partial charge in [-0.2, -0.15) is 9.61 Å². The van der Waals surface area contributed by atoms with Gasteiger partial charge in [0.25, 0.3) is 0 Å². The van der Waals surface area contributed by atoms with Crippen LogP contribution in [0.25, 0.3) is 5.65 Å². The third kappa shape index (κ3) is 3.51. The molecule has 0 N–H and O–H groups in total. The monoisotopic (exact) mass is 336 g/mol. The maximum atomic E-state index is 6.18. The van der Waals surface area contributed by atoms with Crippen LogP contribution in [-0.4, -0.2) is 33.8 Å². The first-order valence-corrected chi connectivity index (χ1v) is 9.07. The van der Waals surface area contributed by atoms with Crippen LogP contribution in [-0.2, 0) is 17.8 Å². The lowest BCUT2D eigenvalue weighted by molar-refractivity contribution is 0.0313. The van der Waals surface area contributed by atoms with Crippen molar-refractivity contribution >= 4 is 11.5 Å². The number of hydrogen-bond donors (Lipinski definition) is 0. The average molecular weight is 336 g/mol. The minimum absolute atomic E-state index is 0.248. The van der Waals surface area contributed by atoms with E-state index in [1.807, 2.05) is 22.8 Å². The normalized spacial score (nSPS) is 18.0. The lowest BCUT2D eigenvalue weighted by Crippen LogP contribution is -2.40. The summed E-state index contributed by atoms with van der Waals surface area (Å²) in [6.07, 6.45) is 5.23. The van der Waals surface area contributed by atoms with Crippen molar-refractivity contribution < 1.29 is 4.74 Å². The SMILES string of the molecule is CCc1cc(N2CCC[C@@H](OCc3ccccc3)C2)n2nccc2n1. The Balaban J connectivity index is 1.50. The molecule has 1 aliphatic heterocycles. The third-order valence-corrected chi connectivity index (χ3v) is 4.79. The highest BCUT2D eigenvalue weighted by atomic mass is 16.5. The van der Waals surface area contributed by atoms with Crippen LogP contribution in [0.4, 0.5) is 5.82 Å². The molecule has 1 aliphatic rings. The Bertz CT molecular complexity index is 830. The Kier molecular flexibility index (Phi) is 4.65. The second-order valence-corrected chi connectivity index (χ2v) is 6.57. The molecule has 4 rings (SSSR count). The largest absolute Gasteiger partial charge is 0.372 e. The molecule has 0 saturated carbocycles. The lowest BCUT2D eigenvalue weighted by atomic mass is 10.1. The number of anilines is 1. The number of fused-ring (bicyclic) bond motifs is 1. The van der Waals surface area contributed by atoms with Crippen LogP contribution in [0.3, 0.4) is 0 Å². The number of benzene rings is 1. The van der Waals surface area contributed by atoms with Gasteiger partial charge in [-0.25, -0.2) is 4.98 Å². The van der Waals surface area contributed by atoms with E-state index in [2.05, 4.69) is 52.2 Å². The molecule has 0 spiro atoms. The van der Waals surface area contributed by atoms with Crippen LogP contribution in [0.1, 0.15) is 31.0 Å². The van der Waals surface area contributed by atoms with Crippen LogP contribution in [0.15, 0.2) is 48.7 Å². The maximum absolute atomic E-state index is 6.18. The zero-order valence-electron chi connectivity index (χ0n) is 14.6. The van der Waals surface area contributed by atoms with Crippen LogP contribution >= 0.6 is 0 Å². The number of aromatic nitrogens is 3. The van der Waals surface area contributed by atoms with E-state index in [4.69, 9.17) is 4.74 Å². The molecule has 1 saturated heterocycles. The molecular formula is C20H24N4O. The summed E-state index contributed by atoms with van der Waals surface area (Å²) in [4.78, 5) is 7.04. The third-order valence-electron chi connectivity index (χ3n) is 4.79. The topological polar surface area (TPSA) is 42.7 Å². The summed E-state index contributed by atoms with van der Waals surface area (Å²) in [6.45, 7) is 4.75. The van der Waals surface area contributed by atoms with Crippen molar-refractivity contribution in [1.29, 1.82) is 0 Å². The second kappa shape index (κ2) is 7.23. The molecule has 5 nitrogen and oxygen atoms in total. The van der Waals surface area contributed by atoms with E-state index in [1.54, 1.807) is 0 Å². The molecule has 0 bridgehead atoms. The molecule has 3 aromatic rings. The number of aryl methyl sites for hydroxylation is 1. The van der Waals surface area contributed by atoms with Gasteiger partial charge in [0.05, 0.1) is 18.9 Å². The molecule has 0 amide bonds. The molecule has 130 valence electrons. The van der Waals surface area contributed by atoms with Crippen LogP contribution in [0.5, 0.6) is 0 Å². The maximum Gasteiger partial charge on any atom is 0.157 e. The van der Waals surface area contributed by atoms with Crippen molar-refractivity contribution in [2.75, 3.05) is 18.0 Å². The quantitative estimate of drug-likeness (QED) is 0.715. The van der Waals surface area contributed by atoms with E-state index in [9.17, 15) is 0 Å². The van der Waals surface area contributed by atoms with Crippen molar-refractivity contribution in [2.24, 2.45) is 0 Å². The van der Waals surface area contributed by atoms with Gasteiger partial charge in [-0.15, -0.1) is 0 Å². The summed E-state index contributed by atoms with van der Waals surface area (Å²) >= 11 is 0. The molecule has 0 unspecified atom stereocenters. The molecule has 1 fully saturated rings. The number of piperidine rings is 1. The van der Waals surface area contributed by atoms with Gasteiger partial charge in [-0.1, -0.05) is 37.3 Å². The number of hydrogen-bond acceptors (Lipinski definition) is 4. The summed E-state index contributed by atoms with van der Waals surface area (Å²) in [7, 11) is 0. The van der Waals surface area contributed by atoms with E-state index >= 15 is 0 Å². The highest BCUT2D eigenvalue weighted by Crippen LogP contribution is 2.23.